The quantitative estimate of drug-likeness (QED) is 0.755. The number of hydrogen-bond donors (Lipinski definition) is 1. The summed E-state index contributed by atoms with van der Waals surface area (Å²) in [5.74, 6) is 0.0172. The third-order valence-electron chi connectivity index (χ3n) is 3.77. The van der Waals surface area contributed by atoms with Crippen molar-refractivity contribution in [3.05, 3.63) is 22.8 Å². The number of rotatable bonds is 9. The Balaban J connectivity index is 2.99. The van der Waals surface area contributed by atoms with Crippen molar-refractivity contribution < 1.29 is 9.90 Å². The normalized spacial score (nSPS) is 11.1. The third kappa shape index (κ3) is 5.08. The average Bonchev–Trinajstić information content (AvgIpc) is 2.48. The molecule has 118 valence electrons. The molecule has 0 saturated heterocycles. The summed E-state index contributed by atoms with van der Waals surface area (Å²) in [7, 11) is 0. The monoisotopic (exact) mass is 293 g/mol. The van der Waals surface area contributed by atoms with Gasteiger partial charge in [-0.05, 0) is 25.9 Å². The Morgan fingerprint density at radius 2 is 1.57 bits per heavy atom. The van der Waals surface area contributed by atoms with Crippen LogP contribution in [0, 0.1) is 0 Å². The van der Waals surface area contributed by atoms with E-state index in [-0.39, 0.29) is 6.42 Å². The number of carboxylic acids is 1. The molecule has 1 aromatic heterocycles. The Morgan fingerprint density at radius 1 is 1.05 bits per heavy atom. The van der Waals surface area contributed by atoms with E-state index in [4.69, 9.17) is 5.11 Å². The minimum absolute atomic E-state index is 0.0165. The Bertz CT molecular complexity index is 446. The van der Waals surface area contributed by atoms with Crippen LogP contribution in [0.25, 0.3) is 0 Å². The summed E-state index contributed by atoms with van der Waals surface area (Å²) in [6.07, 6.45) is 2.32. The van der Waals surface area contributed by atoms with Crippen molar-refractivity contribution in [3.8, 4) is 0 Å². The lowest BCUT2D eigenvalue weighted by Gasteiger charge is -2.18. The van der Waals surface area contributed by atoms with Gasteiger partial charge in [0.25, 0.3) is 0 Å². The molecule has 0 aliphatic rings. The molecule has 0 fully saturated rings. The molecule has 1 N–H and O–H groups in total. The number of likely N-dealkylation sites (N-methyl/N-ethyl adjacent to an activating group) is 1. The first-order chi connectivity index (χ1) is 10.0. The fourth-order valence-corrected chi connectivity index (χ4v) is 2.49. The minimum Gasteiger partial charge on any atom is -0.481 e. The molecule has 0 unspecified atom stereocenters. The molecule has 1 rings (SSSR count). The molecule has 0 aliphatic heterocycles. The molecule has 21 heavy (non-hydrogen) atoms. The fourth-order valence-electron chi connectivity index (χ4n) is 2.49. The van der Waals surface area contributed by atoms with Gasteiger partial charge in [0.2, 0.25) is 0 Å². The second kappa shape index (κ2) is 8.72. The van der Waals surface area contributed by atoms with Gasteiger partial charge in [0.1, 0.15) is 5.82 Å². The molecule has 0 amide bonds. The number of carbonyl (C=O) groups is 1. The van der Waals surface area contributed by atoms with Gasteiger partial charge < -0.3 is 10.0 Å². The number of aromatic nitrogens is 2. The van der Waals surface area contributed by atoms with Crippen LogP contribution in [0.15, 0.2) is 0 Å². The molecule has 0 saturated carbocycles. The Kier molecular flexibility index (Phi) is 7.29. The van der Waals surface area contributed by atoms with E-state index in [1.54, 1.807) is 0 Å². The van der Waals surface area contributed by atoms with Crippen molar-refractivity contribution in [1.29, 1.82) is 0 Å². The first-order valence-corrected chi connectivity index (χ1v) is 7.87. The summed E-state index contributed by atoms with van der Waals surface area (Å²) in [6.45, 7) is 11.3. The van der Waals surface area contributed by atoms with Gasteiger partial charge in [-0.3, -0.25) is 4.79 Å². The van der Waals surface area contributed by atoms with Crippen LogP contribution in [0.2, 0.25) is 0 Å². The summed E-state index contributed by atoms with van der Waals surface area (Å²) < 4.78 is 0. The molecular weight excluding hydrogens is 266 g/mol. The molecule has 0 atom stereocenters. The lowest BCUT2D eigenvalue weighted by Crippen LogP contribution is -2.26. The summed E-state index contributed by atoms with van der Waals surface area (Å²) in [4.78, 5) is 22.5. The molecule has 1 heterocycles. The maximum absolute atomic E-state index is 11.0. The van der Waals surface area contributed by atoms with Crippen molar-refractivity contribution >= 4 is 5.97 Å². The van der Waals surface area contributed by atoms with Gasteiger partial charge in [0.15, 0.2) is 0 Å². The van der Waals surface area contributed by atoms with Gasteiger partial charge in [0.05, 0.1) is 6.42 Å². The summed E-state index contributed by atoms with van der Waals surface area (Å²) in [6, 6.07) is 0. The number of aryl methyl sites for hydroxylation is 2. The van der Waals surface area contributed by atoms with E-state index >= 15 is 0 Å². The SMILES string of the molecule is CCc1nc(CCN(CC)CC)nc(CC)c1CC(=O)O. The van der Waals surface area contributed by atoms with Crippen molar-refractivity contribution in [1.82, 2.24) is 14.9 Å². The van der Waals surface area contributed by atoms with Crippen molar-refractivity contribution in [2.75, 3.05) is 19.6 Å². The third-order valence-corrected chi connectivity index (χ3v) is 3.77. The highest BCUT2D eigenvalue weighted by Gasteiger charge is 2.15. The lowest BCUT2D eigenvalue weighted by atomic mass is 10.0. The highest BCUT2D eigenvalue weighted by molar-refractivity contribution is 5.71. The number of nitrogens with zero attached hydrogens (tertiary/aromatic N) is 3. The topological polar surface area (TPSA) is 66.3 Å². The van der Waals surface area contributed by atoms with Crippen LogP contribution < -0.4 is 0 Å². The van der Waals surface area contributed by atoms with Crippen LogP contribution in [0.4, 0.5) is 0 Å². The van der Waals surface area contributed by atoms with E-state index in [9.17, 15) is 4.79 Å². The molecule has 1 aromatic rings. The zero-order valence-electron chi connectivity index (χ0n) is 13.6. The Morgan fingerprint density at radius 3 is 1.95 bits per heavy atom. The maximum Gasteiger partial charge on any atom is 0.307 e. The Hall–Kier alpha value is -1.49. The van der Waals surface area contributed by atoms with Crippen LogP contribution in [0.5, 0.6) is 0 Å². The van der Waals surface area contributed by atoms with Gasteiger partial charge >= 0.3 is 5.97 Å². The molecule has 0 aliphatic carbocycles. The predicted molar refractivity (Wildman–Crippen MR) is 83.6 cm³/mol. The van der Waals surface area contributed by atoms with Crippen molar-refractivity contribution in [2.24, 2.45) is 0 Å². The first kappa shape index (κ1) is 17.6. The Labute approximate surface area is 127 Å². The average molecular weight is 293 g/mol. The van der Waals surface area contributed by atoms with E-state index in [2.05, 4.69) is 28.7 Å². The van der Waals surface area contributed by atoms with Crippen molar-refractivity contribution in [2.45, 2.75) is 53.4 Å². The largest absolute Gasteiger partial charge is 0.481 e. The van der Waals surface area contributed by atoms with Gasteiger partial charge in [-0.15, -0.1) is 0 Å². The predicted octanol–water partition coefficient (Wildman–Crippen LogP) is 2.11. The van der Waals surface area contributed by atoms with E-state index in [1.807, 2.05) is 13.8 Å². The molecular formula is C16H27N3O2. The molecule has 5 heteroatoms. The van der Waals surface area contributed by atoms with Crippen LogP contribution in [0.1, 0.15) is 50.5 Å². The lowest BCUT2D eigenvalue weighted by molar-refractivity contribution is -0.136. The number of carboxylic acid groups (broad SMARTS) is 1. The number of aliphatic carboxylic acids is 1. The van der Waals surface area contributed by atoms with Crippen molar-refractivity contribution in [3.63, 3.8) is 0 Å². The van der Waals surface area contributed by atoms with Gasteiger partial charge in [-0.25, -0.2) is 9.97 Å². The maximum atomic E-state index is 11.0. The zero-order valence-corrected chi connectivity index (χ0v) is 13.6. The van der Waals surface area contributed by atoms with E-state index in [1.165, 1.54) is 0 Å². The van der Waals surface area contributed by atoms with E-state index in [0.29, 0.717) is 0 Å². The molecule has 5 nitrogen and oxygen atoms in total. The standard InChI is InChI=1S/C16H27N3O2/c1-5-13-12(11-16(20)21)14(6-2)18-15(17-13)9-10-19(7-3)8-4/h5-11H2,1-4H3,(H,20,21). The van der Waals surface area contributed by atoms with Crippen LogP contribution in [-0.4, -0.2) is 45.6 Å². The second-order valence-corrected chi connectivity index (χ2v) is 5.07. The van der Waals surface area contributed by atoms with E-state index < -0.39 is 5.97 Å². The van der Waals surface area contributed by atoms with Crippen LogP contribution in [0.3, 0.4) is 0 Å². The fraction of sp³-hybridized carbons (Fsp3) is 0.688. The summed E-state index contributed by atoms with van der Waals surface area (Å²) >= 11 is 0. The molecule has 0 bridgehead atoms. The highest BCUT2D eigenvalue weighted by atomic mass is 16.4. The molecule has 0 radical (unpaired) electrons. The zero-order chi connectivity index (χ0) is 15.8. The summed E-state index contributed by atoms with van der Waals surface area (Å²) in [5, 5.41) is 9.05. The second-order valence-electron chi connectivity index (χ2n) is 5.07. The minimum atomic E-state index is -0.820. The molecule has 0 aromatic carbocycles. The highest BCUT2D eigenvalue weighted by Crippen LogP contribution is 2.15. The molecule has 0 spiro atoms. The van der Waals surface area contributed by atoms with Crippen LogP contribution >= 0.6 is 0 Å². The summed E-state index contributed by atoms with van der Waals surface area (Å²) in [5.41, 5.74) is 2.58. The van der Waals surface area contributed by atoms with Crippen LogP contribution in [-0.2, 0) is 30.5 Å². The first-order valence-electron chi connectivity index (χ1n) is 7.87. The van der Waals surface area contributed by atoms with Gasteiger partial charge in [0, 0.05) is 29.9 Å². The smallest absolute Gasteiger partial charge is 0.307 e. The van der Waals surface area contributed by atoms with Gasteiger partial charge in [-0.2, -0.15) is 0 Å². The number of hydrogen-bond acceptors (Lipinski definition) is 4. The van der Waals surface area contributed by atoms with E-state index in [0.717, 1.165) is 61.7 Å². The van der Waals surface area contributed by atoms with Gasteiger partial charge in [-0.1, -0.05) is 27.7 Å².